The summed E-state index contributed by atoms with van der Waals surface area (Å²) in [5, 5.41) is 8.97. The Hall–Kier alpha value is -1.02. The predicted octanol–water partition coefficient (Wildman–Crippen LogP) is 0.775. The van der Waals surface area contributed by atoms with E-state index in [0.717, 1.165) is 12.1 Å². The number of nitrogens with one attached hydrogen (secondary N) is 1. The van der Waals surface area contributed by atoms with Gasteiger partial charge in [-0.25, -0.2) is 17.5 Å². The van der Waals surface area contributed by atoms with Crippen molar-refractivity contribution in [3.8, 4) is 0 Å². The Kier molecular flexibility index (Phi) is 3.91. The number of sulfonamides is 1. The Morgan fingerprint density at radius 2 is 2.26 bits per heavy atom. The zero-order valence-corrected chi connectivity index (χ0v) is 11.3. The third-order valence-corrected chi connectivity index (χ3v) is 4.73. The van der Waals surface area contributed by atoms with E-state index < -0.39 is 28.0 Å². The standard InChI is InChI=1S/C12H16FNO4S/c1-12(4-5-18-8-12)14-19(16,17)10-2-3-11(13)9(6-10)7-15/h2-3,6,14-15H,4-5,7-8H2,1H3. The van der Waals surface area contributed by atoms with Gasteiger partial charge in [0.05, 0.1) is 23.6 Å². The Morgan fingerprint density at radius 1 is 1.53 bits per heavy atom. The molecule has 7 heteroatoms. The molecule has 1 aliphatic heterocycles. The minimum absolute atomic E-state index is 0.0456. The summed E-state index contributed by atoms with van der Waals surface area (Å²) in [6.45, 7) is 2.02. The fourth-order valence-electron chi connectivity index (χ4n) is 1.97. The first-order chi connectivity index (χ1) is 8.86. The van der Waals surface area contributed by atoms with E-state index in [1.807, 2.05) is 0 Å². The van der Waals surface area contributed by atoms with Crippen LogP contribution in [0.3, 0.4) is 0 Å². The highest BCUT2D eigenvalue weighted by Crippen LogP contribution is 2.22. The fourth-order valence-corrected chi connectivity index (χ4v) is 3.44. The van der Waals surface area contributed by atoms with Crippen LogP contribution in [-0.4, -0.2) is 32.3 Å². The maximum absolute atomic E-state index is 13.2. The molecule has 0 radical (unpaired) electrons. The Balaban J connectivity index is 2.29. The lowest BCUT2D eigenvalue weighted by molar-refractivity contribution is 0.178. The van der Waals surface area contributed by atoms with Gasteiger partial charge in [0.15, 0.2) is 0 Å². The van der Waals surface area contributed by atoms with Gasteiger partial charge in [-0.3, -0.25) is 0 Å². The average molecular weight is 289 g/mol. The summed E-state index contributed by atoms with van der Waals surface area (Å²) in [5.41, 5.74) is -0.692. The van der Waals surface area contributed by atoms with E-state index in [4.69, 9.17) is 9.84 Å². The number of halogens is 1. The molecule has 1 aromatic carbocycles. The molecule has 2 rings (SSSR count). The minimum Gasteiger partial charge on any atom is -0.392 e. The van der Waals surface area contributed by atoms with Crippen LogP contribution in [0.2, 0.25) is 0 Å². The van der Waals surface area contributed by atoms with Gasteiger partial charge in [0, 0.05) is 12.2 Å². The lowest BCUT2D eigenvalue weighted by atomic mass is 10.0. The van der Waals surface area contributed by atoms with Crippen LogP contribution in [0.4, 0.5) is 4.39 Å². The van der Waals surface area contributed by atoms with Gasteiger partial charge in [-0.05, 0) is 31.5 Å². The second-order valence-corrected chi connectivity index (χ2v) is 6.56. The molecule has 0 aliphatic carbocycles. The van der Waals surface area contributed by atoms with Gasteiger partial charge in [-0.1, -0.05) is 0 Å². The lowest BCUT2D eigenvalue weighted by Crippen LogP contribution is -2.46. The summed E-state index contributed by atoms with van der Waals surface area (Å²) in [6, 6.07) is 3.35. The molecule has 0 amide bonds. The molecule has 1 aliphatic rings. The van der Waals surface area contributed by atoms with Crippen molar-refractivity contribution < 1.29 is 22.7 Å². The van der Waals surface area contributed by atoms with Crippen molar-refractivity contribution in [2.75, 3.05) is 13.2 Å². The highest BCUT2D eigenvalue weighted by atomic mass is 32.2. The SMILES string of the molecule is CC1(NS(=O)(=O)c2ccc(F)c(CO)c2)CCOC1. The minimum atomic E-state index is -3.76. The van der Waals surface area contributed by atoms with Crippen LogP contribution in [0.5, 0.6) is 0 Å². The topological polar surface area (TPSA) is 75.6 Å². The summed E-state index contributed by atoms with van der Waals surface area (Å²) in [6.07, 6.45) is 0.584. The van der Waals surface area contributed by atoms with Gasteiger partial charge >= 0.3 is 0 Å². The maximum atomic E-state index is 13.2. The molecular formula is C12H16FNO4S. The number of rotatable bonds is 4. The Bertz CT molecular complexity index is 567. The summed E-state index contributed by atoms with van der Waals surface area (Å²) in [5.74, 6) is -0.628. The number of aliphatic hydroxyl groups excluding tert-OH is 1. The van der Waals surface area contributed by atoms with E-state index in [9.17, 15) is 12.8 Å². The Labute approximate surface area is 111 Å². The first-order valence-electron chi connectivity index (χ1n) is 5.87. The molecule has 0 saturated carbocycles. The molecule has 1 saturated heterocycles. The largest absolute Gasteiger partial charge is 0.392 e. The monoisotopic (exact) mass is 289 g/mol. The number of hydrogen-bond donors (Lipinski definition) is 2. The van der Waals surface area contributed by atoms with E-state index in [-0.39, 0.29) is 10.5 Å². The summed E-state index contributed by atoms with van der Waals surface area (Å²) < 4.78 is 45.4. The highest BCUT2D eigenvalue weighted by Gasteiger charge is 2.34. The van der Waals surface area contributed by atoms with Crippen molar-refractivity contribution in [2.24, 2.45) is 0 Å². The van der Waals surface area contributed by atoms with E-state index in [1.54, 1.807) is 6.92 Å². The maximum Gasteiger partial charge on any atom is 0.241 e. The first kappa shape index (κ1) is 14.4. The molecule has 1 aromatic rings. The first-order valence-corrected chi connectivity index (χ1v) is 7.36. The quantitative estimate of drug-likeness (QED) is 0.858. The molecule has 1 unspecified atom stereocenters. The van der Waals surface area contributed by atoms with Crippen LogP contribution in [-0.2, 0) is 21.4 Å². The van der Waals surface area contributed by atoms with Crippen LogP contribution >= 0.6 is 0 Å². The molecule has 0 spiro atoms. The number of benzene rings is 1. The summed E-state index contributed by atoms with van der Waals surface area (Å²) in [4.78, 5) is -0.0638. The van der Waals surface area contributed by atoms with Crippen molar-refractivity contribution in [1.29, 1.82) is 0 Å². The van der Waals surface area contributed by atoms with Crippen LogP contribution in [0.15, 0.2) is 23.1 Å². The van der Waals surface area contributed by atoms with E-state index in [0.29, 0.717) is 19.6 Å². The van der Waals surface area contributed by atoms with Gasteiger partial charge in [0.1, 0.15) is 5.82 Å². The van der Waals surface area contributed by atoms with E-state index in [2.05, 4.69) is 4.72 Å². The molecular weight excluding hydrogens is 273 g/mol. The van der Waals surface area contributed by atoms with Gasteiger partial charge in [-0.2, -0.15) is 0 Å². The second-order valence-electron chi connectivity index (χ2n) is 4.88. The van der Waals surface area contributed by atoms with Crippen molar-refractivity contribution >= 4 is 10.0 Å². The van der Waals surface area contributed by atoms with E-state index in [1.165, 1.54) is 6.07 Å². The molecule has 19 heavy (non-hydrogen) atoms. The molecule has 2 N–H and O–H groups in total. The zero-order chi connectivity index (χ0) is 14.1. The summed E-state index contributed by atoms with van der Waals surface area (Å²) >= 11 is 0. The molecule has 106 valence electrons. The van der Waals surface area contributed by atoms with Gasteiger partial charge in [-0.15, -0.1) is 0 Å². The normalized spacial score (nSPS) is 23.7. The van der Waals surface area contributed by atoms with Crippen LogP contribution in [0.25, 0.3) is 0 Å². The molecule has 5 nitrogen and oxygen atoms in total. The molecule has 1 atom stereocenters. The van der Waals surface area contributed by atoms with Gasteiger partial charge in [0.2, 0.25) is 10.0 Å². The summed E-state index contributed by atoms with van der Waals surface area (Å²) in [7, 11) is -3.76. The Morgan fingerprint density at radius 3 is 2.84 bits per heavy atom. The molecule has 0 aromatic heterocycles. The van der Waals surface area contributed by atoms with Crippen molar-refractivity contribution in [3.63, 3.8) is 0 Å². The average Bonchev–Trinajstić information content (AvgIpc) is 2.75. The number of aliphatic hydroxyl groups is 1. The lowest BCUT2D eigenvalue weighted by Gasteiger charge is -2.23. The highest BCUT2D eigenvalue weighted by molar-refractivity contribution is 7.89. The van der Waals surface area contributed by atoms with Crippen molar-refractivity contribution in [3.05, 3.63) is 29.6 Å². The van der Waals surface area contributed by atoms with Crippen LogP contribution < -0.4 is 4.72 Å². The molecule has 1 heterocycles. The smallest absolute Gasteiger partial charge is 0.241 e. The van der Waals surface area contributed by atoms with Crippen LogP contribution in [0, 0.1) is 5.82 Å². The predicted molar refractivity (Wildman–Crippen MR) is 66.5 cm³/mol. The third-order valence-electron chi connectivity index (χ3n) is 3.10. The third kappa shape index (κ3) is 3.11. The van der Waals surface area contributed by atoms with Gasteiger partial charge < -0.3 is 9.84 Å². The molecule has 0 bridgehead atoms. The number of ether oxygens (including phenoxy) is 1. The van der Waals surface area contributed by atoms with Gasteiger partial charge in [0.25, 0.3) is 0 Å². The van der Waals surface area contributed by atoms with Crippen molar-refractivity contribution in [1.82, 2.24) is 4.72 Å². The van der Waals surface area contributed by atoms with Crippen LogP contribution in [0.1, 0.15) is 18.9 Å². The number of hydrogen-bond acceptors (Lipinski definition) is 4. The van der Waals surface area contributed by atoms with Crippen molar-refractivity contribution in [2.45, 2.75) is 30.4 Å². The zero-order valence-electron chi connectivity index (χ0n) is 10.5. The molecule has 1 fully saturated rings. The fraction of sp³-hybridized carbons (Fsp3) is 0.500. The van der Waals surface area contributed by atoms with E-state index >= 15 is 0 Å². The second kappa shape index (κ2) is 5.16.